The van der Waals surface area contributed by atoms with E-state index < -0.39 is 22.0 Å². The molecule has 2 aromatic carbocycles. The molecule has 0 radical (unpaired) electrons. The maximum Gasteiger partial charge on any atom is 0.253 e. The number of hydrogen-bond acceptors (Lipinski definition) is 5. The summed E-state index contributed by atoms with van der Waals surface area (Å²) < 4.78 is 31.2. The molecular formula is C22H28ClN3O5S. The molecule has 0 aliphatic heterocycles. The summed E-state index contributed by atoms with van der Waals surface area (Å²) in [6.45, 7) is 2.65. The number of para-hydroxylation sites is 1. The normalized spacial score (nSPS) is 12.1. The number of nitrogens with one attached hydrogen (secondary N) is 2. The number of benzene rings is 2. The van der Waals surface area contributed by atoms with E-state index in [1.165, 1.54) is 6.07 Å². The molecule has 0 aromatic heterocycles. The largest absolute Gasteiger partial charge is 0.385 e. The van der Waals surface area contributed by atoms with Gasteiger partial charge in [0.15, 0.2) is 0 Å². The summed E-state index contributed by atoms with van der Waals surface area (Å²) in [5.41, 5.74) is 0.854. The predicted molar refractivity (Wildman–Crippen MR) is 127 cm³/mol. The molecule has 0 bridgehead atoms. The summed E-state index contributed by atoms with van der Waals surface area (Å²) in [6.07, 6.45) is 1.89. The van der Waals surface area contributed by atoms with Crippen LogP contribution in [-0.4, -0.2) is 52.8 Å². The van der Waals surface area contributed by atoms with E-state index in [0.717, 1.165) is 10.6 Å². The molecule has 0 saturated heterocycles. The van der Waals surface area contributed by atoms with E-state index in [9.17, 15) is 18.0 Å². The van der Waals surface area contributed by atoms with Crippen LogP contribution in [0.2, 0.25) is 5.02 Å². The molecule has 2 aromatic rings. The molecule has 2 rings (SSSR count). The van der Waals surface area contributed by atoms with Crippen molar-refractivity contribution in [3.05, 3.63) is 59.1 Å². The smallest absolute Gasteiger partial charge is 0.253 e. The van der Waals surface area contributed by atoms with Crippen molar-refractivity contribution in [2.75, 3.05) is 36.1 Å². The Bertz CT molecular complexity index is 1050. The second-order valence-corrected chi connectivity index (χ2v) is 9.40. The maximum absolute atomic E-state index is 13.2. The predicted octanol–water partition coefficient (Wildman–Crippen LogP) is 3.29. The Morgan fingerprint density at radius 2 is 1.88 bits per heavy atom. The minimum absolute atomic E-state index is 0.205. The molecule has 8 nitrogen and oxygen atoms in total. The van der Waals surface area contributed by atoms with Gasteiger partial charge in [-0.05, 0) is 43.2 Å². The van der Waals surface area contributed by atoms with Gasteiger partial charge in [0.1, 0.15) is 6.04 Å². The van der Waals surface area contributed by atoms with Crippen molar-refractivity contribution in [3.8, 4) is 0 Å². The standard InChI is InChI=1S/C22H28ClN3O5S/c1-4-20(26(32(3,29)30)17-10-7-9-16(23)15-17)22(28)25-19-12-6-5-11-18(19)21(27)24-13-8-14-31-2/h5-7,9-12,15,20H,4,8,13-14H2,1-3H3,(H,24,27)(H,25,28)/t20-/m1/s1. The van der Waals surface area contributed by atoms with Gasteiger partial charge in [-0.3, -0.25) is 13.9 Å². The van der Waals surface area contributed by atoms with E-state index in [1.807, 2.05) is 0 Å². The van der Waals surface area contributed by atoms with Gasteiger partial charge < -0.3 is 15.4 Å². The fourth-order valence-electron chi connectivity index (χ4n) is 3.19. The van der Waals surface area contributed by atoms with Gasteiger partial charge >= 0.3 is 0 Å². The lowest BCUT2D eigenvalue weighted by Gasteiger charge is -2.30. The SMILES string of the molecule is CC[C@H](C(=O)Nc1ccccc1C(=O)NCCCOC)N(c1cccc(Cl)c1)S(C)(=O)=O. The first-order valence-electron chi connectivity index (χ1n) is 10.1. The van der Waals surface area contributed by atoms with Gasteiger partial charge in [-0.25, -0.2) is 8.42 Å². The molecule has 174 valence electrons. The zero-order valence-corrected chi connectivity index (χ0v) is 19.9. The lowest BCUT2D eigenvalue weighted by molar-refractivity contribution is -0.117. The van der Waals surface area contributed by atoms with E-state index in [1.54, 1.807) is 56.5 Å². The Balaban J connectivity index is 2.29. The summed E-state index contributed by atoms with van der Waals surface area (Å²) in [5, 5.41) is 5.84. The number of rotatable bonds is 11. The first kappa shape index (κ1) is 25.6. The number of hydrogen-bond donors (Lipinski definition) is 2. The highest BCUT2D eigenvalue weighted by Crippen LogP contribution is 2.26. The van der Waals surface area contributed by atoms with Crippen molar-refractivity contribution in [3.63, 3.8) is 0 Å². The van der Waals surface area contributed by atoms with E-state index >= 15 is 0 Å². The molecular weight excluding hydrogens is 454 g/mol. The molecule has 0 spiro atoms. The van der Waals surface area contributed by atoms with Gasteiger partial charge in [0.05, 0.1) is 23.2 Å². The lowest BCUT2D eigenvalue weighted by Crippen LogP contribution is -2.47. The van der Waals surface area contributed by atoms with Gasteiger partial charge in [-0.2, -0.15) is 0 Å². The quantitative estimate of drug-likeness (QED) is 0.479. The molecule has 2 N–H and O–H groups in total. The highest BCUT2D eigenvalue weighted by atomic mass is 35.5. The number of amides is 2. The van der Waals surface area contributed by atoms with E-state index in [4.69, 9.17) is 16.3 Å². The summed E-state index contributed by atoms with van der Waals surface area (Å²) >= 11 is 6.04. The minimum Gasteiger partial charge on any atom is -0.385 e. The van der Waals surface area contributed by atoms with Gasteiger partial charge in [-0.15, -0.1) is 0 Å². The average molecular weight is 482 g/mol. The van der Waals surface area contributed by atoms with Crippen LogP contribution >= 0.6 is 11.6 Å². The number of methoxy groups -OCH3 is 1. The minimum atomic E-state index is -3.80. The van der Waals surface area contributed by atoms with Crippen LogP contribution in [0.3, 0.4) is 0 Å². The number of carbonyl (C=O) groups excluding carboxylic acids is 2. The van der Waals surface area contributed by atoms with Crippen LogP contribution in [0.1, 0.15) is 30.1 Å². The van der Waals surface area contributed by atoms with Crippen molar-refractivity contribution in [2.24, 2.45) is 0 Å². The van der Waals surface area contributed by atoms with Crippen LogP contribution in [-0.2, 0) is 19.6 Å². The Hall–Kier alpha value is -2.62. The number of carbonyl (C=O) groups is 2. The molecule has 10 heteroatoms. The number of anilines is 2. The topological polar surface area (TPSA) is 105 Å². The van der Waals surface area contributed by atoms with E-state index in [2.05, 4.69) is 10.6 Å². The highest BCUT2D eigenvalue weighted by Gasteiger charge is 2.32. The Morgan fingerprint density at radius 1 is 1.16 bits per heavy atom. The van der Waals surface area contributed by atoms with Crippen LogP contribution in [0.15, 0.2) is 48.5 Å². The van der Waals surface area contributed by atoms with Crippen molar-refractivity contribution < 1.29 is 22.7 Å². The lowest BCUT2D eigenvalue weighted by atomic mass is 10.1. The molecule has 0 aliphatic carbocycles. The fraction of sp³-hybridized carbons (Fsp3) is 0.364. The monoisotopic (exact) mass is 481 g/mol. The zero-order valence-electron chi connectivity index (χ0n) is 18.3. The van der Waals surface area contributed by atoms with Gasteiger partial charge in [0.25, 0.3) is 5.91 Å². The third-order valence-electron chi connectivity index (χ3n) is 4.63. The third kappa shape index (κ3) is 6.94. The molecule has 2 amide bonds. The molecule has 0 heterocycles. The molecule has 1 atom stereocenters. The summed E-state index contributed by atoms with van der Waals surface area (Å²) in [5.74, 6) is -0.905. The molecule has 0 saturated carbocycles. The summed E-state index contributed by atoms with van der Waals surface area (Å²) in [6, 6.07) is 11.8. The molecule has 32 heavy (non-hydrogen) atoms. The maximum atomic E-state index is 13.2. The number of halogens is 1. The van der Waals surface area contributed by atoms with Crippen molar-refractivity contribution in [1.82, 2.24) is 5.32 Å². The average Bonchev–Trinajstić information content (AvgIpc) is 2.74. The second kappa shape index (κ2) is 11.8. The zero-order chi connectivity index (χ0) is 23.7. The Labute approximate surface area is 193 Å². The molecule has 0 fully saturated rings. The van der Waals surface area contributed by atoms with Crippen molar-refractivity contribution in [1.29, 1.82) is 0 Å². The van der Waals surface area contributed by atoms with Crippen molar-refractivity contribution >= 4 is 44.8 Å². The van der Waals surface area contributed by atoms with Crippen LogP contribution in [0, 0.1) is 0 Å². The Kier molecular flexibility index (Phi) is 9.49. The second-order valence-electron chi connectivity index (χ2n) is 7.10. The number of sulfonamides is 1. The highest BCUT2D eigenvalue weighted by molar-refractivity contribution is 7.92. The van der Waals surface area contributed by atoms with Crippen LogP contribution < -0.4 is 14.9 Å². The number of ether oxygens (including phenoxy) is 1. The third-order valence-corrected chi connectivity index (χ3v) is 6.05. The van der Waals surface area contributed by atoms with Gasteiger partial charge in [-0.1, -0.05) is 36.7 Å². The van der Waals surface area contributed by atoms with Crippen LogP contribution in [0.5, 0.6) is 0 Å². The summed E-state index contributed by atoms with van der Waals surface area (Å²) in [7, 11) is -2.22. The Morgan fingerprint density at radius 3 is 2.50 bits per heavy atom. The molecule has 0 unspecified atom stereocenters. The number of nitrogens with zero attached hydrogens (tertiary/aromatic N) is 1. The van der Waals surface area contributed by atoms with Crippen LogP contribution in [0.4, 0.5) is 11.4 Å². The summed E-state index contributed by atoms with van der Waals surface area (Å²) in [4.78, 5) is 25.7. The fourth-order valence-corrected chi connectivity index (χ4v) is 4.58. The van der Waals surface area contributed by atoms with E-state index in [0.29, 0.717) is 30.3 Å². The first-order valence-corrected chi connectivity index (χ1v) is 12.3. The first-order chi connectivity index (χ1) is 15.2. The van der Waals surface area contributed by atoms with Gasteiger partial charge in [0, 0.05) is 25.3 Å². The van der Waals surface area contributed by atoms with Gasteiger partial charge in [0.2, 0.25) is 15.9 Å². The van der Waals surface area contributed by atoms with Crippen molar-refractivity contribution in [2.45, 2.75) is 25.8 Å². The molecule has 0 aliphatic rings. The van der Waals surface area contributed by atoms with Crippen LogP contribution in [0.25, 0.3) is 0 Å². The van der Waals surface area contributed by atoms with E-state index in [-0.39, 0.29) is 23.6 Å².